The minimum absolute atomic E-state index is 0.0558. The van der Waals surface area contributed by atoms with Gasteiger partial charge in [-0.25, -0.2) is 21.6 Å². The third-order valence-corrected chi connectivity index (χ3v) is 11.1. The van der Waals surface area contributed by atoms with Crippen LogP contribution < -0.4 is 4.31 Å². The van der Waals surface area contributed by atoms with Gasteiger partial charge in [0.1, 0.15) is 0 Å². The zero-order chi connectivity index (χ0) is 29.2. The Morgan fingerprint density at radius 2 is 1.37 bits per heavy atom. The first-order chi connectivity index (χ1) is 19.6. The van der Waals surface area contributed by atoms with Gasteiger partial charge in [0.05, 0.1) is 21.0 Å². The van der Waals surface area contributed by atoms with Crippen molar-refractivity contribution in [3.05, 3.63) is 89.5 Å². The number of carbonyl (C=O) groups excluding carboxylic acids is 2. The van der Waals surface area contributed by atoms with Crippen molar-refractivity contribution in [3.63, 3.8) is 0 Å². The zero-order valence-electron chi connectivity index (χ0n) is 22.6. The molecule has 12 heteroatoms. The largest absolute Gasteiger partial charge is 0.452 e. The van der Waals surface area contributed by atoms with E-state index in [4.69, 9.17) is 4.74 Å². The molecule has 2 heterocycles. The van der Waals surface area contributed by atoms with Crippen molar-refractivity contribution in [1.29, 1.82) is 0 Å². The molecule has 2 aliphatic heterocycles. The third-order valence-electron chi connectivity index (χ3n) is 7.32. The molecule has 5 rings (SSSR count). The molecule has 0 radical (unpaired) electrons. The van der Waals surface area contributed by atoms with Crippen molar-refractivity contribution in [2.24, 2.45) is 0 Å². The van der Waals surface area contributed by atoms with Crippen molar-refractivity contribution in [3.8, 4) is 0 Å². The topological polar surface area (TPSA) is 121 Å². The number of sulfonamides is 2. The first kappa shape index (κ1) is 28.8. The highest BCUT2D eigenvalue weighted by molar-refractivity contribution is 7.92. The molecule has 216 valence electrons. The Bertz CT molecular complexity index is 1650. The second-order valence-electron chi connectivity index (χ2n) is 10.0. The number of hydrogen-bond donors (Lipinski definition) is 0. The summed E-state index contributed by atoms with van der Waals surface area (Å²) in [6.45, 7) is 2.36. The normalized spacial score (nSPS) is 16.2. The van der Waals surface area contributed by atoms with E-state index in [9.17, 15) is 26.4 Å². The lowest BCUT2D eigenvalue weighted by Crippen LogP contribution is -2.51. The van der Waals surface area contributed by atoms with E-state index < -0.39 is 38.5 Å². The van der Waals surface area contributed by atoms with Crippen LogP contribution in [0.5, 0.6) is 0 Å². The van der Waals surface area contributed by atoms with Crippen LogP contribution in [0.3, 0.4) is 0 Å². The van der Waals surface area contributed by atoms with Gasteiger partial charge >= 0.3 is 5.97 Å². The van der Waals surface area contributed by atoms with Crippen molar-refractivity contribution in [2.75, 3.05) is 43.6 Å². The summed E-state index contributed by atoms with van der Waals surface area (Å²) in [6.07, 6.45) is 1.53. The van der Waals surface area contributed by atoms with Crippen molar-refractivity contribution >= 4 is 37.6 Å². The number of esters is 1. The van der Waals surface area contributed by atoms with Gasteiger partial charge in [0.25, 0.3) is 15.9 Å². The molecule has 3 aromatic rings. The Balaban J connectivity index is 1.15. The SMILES string of the molecule is Cc1ccc(S(=O)(=O)N2CCN(C(=O)COC(=O)c3ccc(S(=O)(=O)N4CCCc5ccccc54)cc3)CC2)cc1. The molecule has 0 saturated carbocycles. The number of benzene rings is 3. The molecule has 41 heavy (non-hydrogen) atoms. The van der Waals surface area contributed by atoms with Crippen molar-refractivity contribution in [2.45, 2.75) is 29.6 Å². The summed E-state index contributed by atoms with van der Waals surface area (Å²) >= 11 is 0. The van der Waals surface area contributed by atoms with Crippen molar-refractivity contribution < 1.29 is 31.2 Å². The number of fused-ring (bicyclic) bond motifs is 1. The first-order valence-corrected chi connectivity index (χ1v) is 16.2. The van der Waals surface area contributed by atoms with Gasteiger partial charge in [0.15, 0.2) is 6.61 Å². The number of nitrogens with zero attached hydrogens (tertiary/aromatic N) is 3. The second-order valence-corrected chi connectivity index (χ2v) is 13.8. The van der Waals surface area contributed by atoms with Crippen LogP contribution in [-0.2, 0) is 36.0 Å². The Hall–Kier alpha value is -3.74. The van der Waals surface area contributed by atoms with Gasteiger partial charge in [-0.15, -0.1) is 0 Å². The van der Waals surface area contributed by atoms with Gasteiger partial charge in [-0.3, -0.25) is 9.10 Å². The van der Waals surface area contributed by atoms with Crippen molar-refractivity contribution in [1.82, 2.24) is 9.21 Å². The Morgan fingerprint density at radius 1 is 0.756 bits per heavy atom. The highest BCUT2D eigenvalue weighted by atomic mass is 32.2. The van der Waals surface area contributed by atoms with Crippen LogP contribution in [0.1, 0.15) is 27.9 Å². The fourth-order valence-corrected chi connectivity index (χ4v) is 7.94. The molecule has 0 unspecified atom stereocenters. The number of rotatable bonds is 7. The van der Waals surface area contributed by atoms with E-state index in [0.717, 1.165) is 17.5 Å². The molecule has 1 saturated heterocycles. The Kier molecular flexibility index (Phi) is 8.16. The number of aryl methyl sites for hydroxylation is 2. The van der Waals surface area contributed by atoms with Crippen LogP contribution in [0.2, 0.25) is 0 Å². The van der Waals surface area contributed by atoms with Gasteiger partial charge in [-0.1, -0.05) is 35.9 Å². The second kappa shape index (κ2) is 11.6. The smallest absolute Gasteiger partial charge is 0.338 e. The molecule has 0 aromatic heterocycles. The molecule has 0 atom stereocenters. The molecular weight excluding hydrogens is 566 g/mol. The van der Waals surface area contributed by atoms with E-state index >= 15 is 0 Å². The number of ether oxygens (including phenoxy) is 1. The molecule has 0 N–H and O–H groups in total. The van der Waals surface area contributed by atoms with Crippen LogP contribution in [-0.4, -0.2) is 77.2 Å². The quantitative estimate of drug-likeness (QED) is 0.384. The van der Waals surface area contributed by atoms with Crippen LogP contribution in [0.4, 0.5) is 5.69 Å². The maximum absolute atomic E-state index is 13.3. The molecule has 0 bridgehead atoms. The minimum atomic E-state index is -3.82. The summed E-state index contributed by atoms with van der Waals surface area (Å²) in [4.78, 5) is 27.0. The average Bonchev–Trinajstić information content (AvgIpc) is 2.99. The first-order valence-electron chi connectivity index (χ1n) is 13.3. The third kappa shape index (κ3) is 5.99. The van der Waals surface area contributed by atoms with Crippen LogP contribution in [0.25, 0.3) is 0 Å². The molecule has 3 aromatic carbocycles. The summed E-state index contributed by atoms with van der Waals surface area (Å²) < 4.78 is 60.3. The lowest BCUT2D eigenvalue weighted by molar-refractivity contribution is -0.135. The predicted octanol–water partition coefficient (Wildman–Crippen LogP) is 2.83. The summed E-state index contributed by atoms with van der Waals surface area (Å²) in [5.74, 6) is -1.19. The van der Waals surface area contributed by atoms with E-state index in [1.165, 1.54) is 37.8 Å². The van der Waals surface area contributed by atoms with E-state index in [1.54, 1.807) is 36.4 Å². The zero-order valence-corrected chi connectivity index (χ0v) is 24.2. The predicted molar refractivity (Wildman–Crippen MR) is 153 cm³/mol. The molecule has 2 aliphatic rings. The van der Waals surface area contributed by atoms with E-state index in [1.807, 2.05) is 19.1 Å². The number of carbonyl (C=O) groups is 2. The fourth-order valence-electron chi connectivity index (χ4n) is 4.98. The molecule has 1 fully saturated rings. The lowest BCUT2D eigenvalue weighted by atomic mass is 10.0. The molecule has 0 spiro atoms. The summed E-state index contributed by atoms with van der Waals surface area (Å²) in [7, 11) is -7.48. The highest BCUT2D eigenvalue weighted by Gasteiger charge is 2.31. The molecule has 0 aliphatic carbocycles. The number of para-hydroxylation sites is 1. The lowest BCUT2D eigenvalue weighted by Gasteiger charge is -2.33. The standard InChI is InChI=1S/C29H31N3O7S2/c1-22-8-12-25(13-9-22)40(35,36)31-19-17-30(18-20-31)28(33)21-39-29(34)24-10-14-26(15-11-24)41(37,38)32-16-4-6-23-5-2-3-7-27(23)32/h2-3,5,7-15H,4,6,16-21H2,1H3. The maximum atomic E-state index is 13.3. The number of anilines is 1. The van der Waals surface area contributed by atoms with Gasteiger partial charge in [-0.2, -0.15) is 4.31 Å². The number of hydrogen-bond acceptors (Lipinski definition) is 7. The van der Waals surface area contributed by atoms with Gasteiger partial charge < -0.3 is 9.64 Å². The van der Waals surface area contributed by atoms with Gasteiger partial charge in [0, 0.05) is 32.7 Å². The Labute approximate surface area is 240 Å². The maximum Gasteiger partial charge on any atom is 0.338 e. The van der Waals surface area contributed by atoms with E-state index in [2.05, 4.69) is 0 Å². The van der Waals surface area contributed by atoms with Crippen LogP contribution in [0, 0.1) is 6.92 Å². The van der Waals surface area contributed by atoms with Gasteiger partial charge in [-0.05, 0) is 67.8 Å². The minimum Gasteiger partial charge on any atom is -0.452 e. The number of amides is 1. The molecule has 10 nitrogen and oxygen atoms in total. The summed E-state index contributed by atoms with van der Waals surface area (Å²) in [5.41, 5.74) is 2.71. The molecular formula is C29H31N3O7S2. The van der Waals surface area contributed by atoms with Crippen LogP contribution in [0.15, 0.2) is 82.6 Å². The monoisotopic (exact) mass is 597 g/mol. The van der Waals surface area contributed by atoms with Gasteiger partial charge in [0.2, 0.25) is 10.0 Å². The Morgan fingerprint density at radius 3 is 2.05 bits per heavy atom. The highest BCUT2D eigenvalue weighted by Crippen LogP contribution is 2.31. The van der Waals surface area contributed by atoms with Crippen LogP contribution >= 0.6 is 0 Å². The number of piperazine rings is 1. The van der Waals surface area contributed by atoms with E-state index in [-0.39, 0.29) is 41.5 Å². The average molecular weight is 598 g/mol. The summed E-state index contributed by atoms with van der Waals surface area (Å²) in [6, 6.07) is 19.5. The summed E-state index contributed by atoms with van der Waals surface area (Å²) in [5, 5.41) is 0. The molecule has 1 amide bonds. The fraction of sp³-hybridized carbons (Fsp3) is 0.310. The van der Waals surface area contributed by atoms with E-state index in [0.29, 0.717) is 18.7 Å².